The van der Waals surface area contributed by atoms with Gasteiger partial charge in [-0.25, -0.2) is 8.78 Å². The minimum atomic E-state index is -0.735. The van der Waals surface area contributed by atoms with Crippen LogP contribution in [0.15, 0.2) is 12.1 Å². The average Bonchev–Trinajstić information content (AvgIpc) is 2.45. The van der Waals surface area contributed by atoms with Crippen molar-refractivity contribution in [3.63, 3.8) is 0 Å². The van der Waals surface area contributed by atoms with Crippen LogP contribution in [0.25, 0.3) is 0 Å². The number of aliphatic hydroxyl groups is 1. The lowest BCUT2D eigenvalue weighted by atomic mass is 9.98. The molecule has 0 radical (unpaired) electrons. The Bertz CT molecular complexity index is 449. The predicted octanol–water partition coefficient (Wildman–Crippen LogP) is 2.29. The van der Waals surface area contributed by atoms with Crippen LogP contribution in [0.3, 0.4) is 0 Å². The van der Waals surface area contributed by atoms with Crippen LogP contribution in [0.2, 0.25) is 0 Å². The number of anilines is 2. The first-order valence-electron chi connectivity index (χ1n) is 6.11. The van der Waals surface area contributed by atoms with Crippen LogP contribution >= 0.6 is 0 Å². The summed E-state index contributed by atoms with van der Waals surface area (Å²) in [5, 5.41) is 9.99. The second kappa shape index (κ2) is 4.72. The third-order valence-corrected chi connectivity index (χ3v) is 3.48. The first kappa shape index (κ1) is 13.1. The second-order valence-electron chi connectivity index (χ2n) is 5.16. The fourth-order valence-corrected chi connectivity index (χ4v) is 2.34. The average molecular weight is 256 g/mol. The van der Waals surface area contributed by atoms with Crippen LogP contribution in [0, 0.1) is 11.6 Å². The smallest absolute Gasteiger partial charge is 0.151 e. The normalized spacial score (nSPS) is 25.0. The van der Waals surface area contributed by atoms with Gasteiger partial charge in [-0.1, -0.05) is 0 Å². The Morgan fingerprint density at radius 1 is 1.28 bits per heavy atom. The zero-order valence-corrected chi connectivity index (χ0v) is 10.4. The van der Waals surface area contributed by atoms with Crippen LogP contribution in [0.5, 0.6) is 0 Å². The quantitative estimate of drug-likeness (QED) is 0.758. The van der Waals surface area contributed by atoms with Gasteiger partial charge in [-0.05, 0) is 32.3 Å². The molecular weight excluding hydrogens is 238 g/mol. The Hall–Kier alpha value is -1.36. The third-order valence-electron chi connectivity index (χ3n) is 3.48. The number of benzene rings is 1. The highest BCUT2D eigenvalue weighted by molar-refractivity contribution is 5.68. The minimum Gasteiger partial charge on any atom is -0.395 e. The van der Waals surface area contributed by atoms with Gasteiger partial charge in [0.15, 0.2) is 5.82 Å². The largest absolute Gasteiger partial charge is 0.395 e. The number of hydrogen-bond acceptors (Lipinski definition) is 3. The summed E-state index contributed by atoms with van der Waals surface area (Å²) in [6.07, 6.45) is 2.01. The molecule has 100 valence electrons. The van der Waals surface area contributed by atoms with E-state index in [1.807, 2.05) is 4.90 Å². The molecule has 18 heavy (non-hydrogen) atoms. The molecule has 1 heterocycles. The standard InChI is InChI=1S/C13H18F2N2O/c1-13(18)3-2-5-17(6-4-13)11-8-9(14)7-10(15)12(11)16/h7-8,18H,2-6,16H2,1H3. The van der Waals surface area contributed by atoms with E-state index in [4.69, 9.17) is 5.73 Å². The summed E-state index contributed by atoms with van der Waals surface area (Å²) < 4.78 is 26.7. The zero-order valence-electron chi connectivity index (χ0n) is 10.4. The van der Waals surface area contributed by atoms with Crippen LogP contribution in [-0.4, -0.2) is 23.8 Å². The molecule has 5 heteroatoms. The van der Waals surface area contributed by atoms with Crippen LogP contribution in [0.1, 0.15) is 26.2 Å². The van der Waals surface area contributed by atoms with E-state index in [-0.39, 0.29) is 5.69 Å². The van der Waals surface area contributed by atoms with Gasteiger partial charge in [-0.3, -0.25) is 0 Å². The zero-order chi connectivity index (χ0) is 13.3. The molecule has 0 aliphatic carbocycles. The van der Waals surface area contributed by atoms with E-state index in [0.717, 1.165) is 12.5 Å². The van der Waals surface area contributed by atoms with Gasteiger partial charge in [0.1, 0.15) is 5.82 Å². The van der Waals surface area contributed by atoms with Gasteiger partial charge in [-0.15, -0.1) is 0 Å². The summed E-state index contributed by atoms with van der Waals surface area (Å²) in [5.74, 6) is -1.37. The minimum absolute atomic E-state index is 0.0297. The molecule has 1 unspecified atom stereocenters. The molecule has 1 aromatic carbocycles. The molecule has 1 saturated heterocycles. The molecule has 0 bridgehead atoms. The van der Waals surface area contributed by atoms with E-state index in [0.29, 0.717) is 31.6 Å². The summed E-state index contributed by atoms with van der Waals surface area (Å²) in [5.41, 5.74) is 5.29. The van der Waals surface area contributed by atoms with E-state index in [1.165, 1.54) is 6.07 Å². The van der Waals surface area contributed by atoms with E-state index in [9.17, 15) is 13.9 Å². The molecule has 1 aromatic rings. The molecule has 2 rings (SSSR count). The Kier molecular flexibility index (Phi) is 3.43. The van der Waals surface area contributed by atoms with E-state index in [1.54, 1.807) is 6.92 Å². The van der Waals surface area contributed by atoms with Gasteiger partial charge >= 0.3 is 0 Å². The lowest BCUT2D eigenvalue weighted by molar-refractivity contribution is 0.0481. The Balaban J connectivity index is 2.26. The van der Waals surface area contributed by atoms with E-state index in [2.05, 4.69) is 0 Å². The summed E-state index contributed by atoms with van der Waals surface area (Å²) in [6, 6.07) is 2.03. The van der Waals surface area contributed by atoms with Gasteiger partial charge in [0, 0.05) is 19.2 Å². The van der Waals surface area contributed by atoms with E-state index >= 15 is 0 Å². The van der Waals surface area contributed by atoms with Gasteiger partial charge < -0.3 is 15.7 Å². The van der Waals surface area contributed by atoms with Crippen molar-refractivity contribution >= 4 is 11.4 Å². The van der Waals surface area contributed by atoms with Crippen molar-refractivity contribution in [2.24, 2.45) is 0 Å². The molecule has 3 nitrogen and oxygen atoms in total. The number of rotatable bonds is 1. The topological polar surface area (TPSA) is 49.5 Å². The number of halogens is 2. The number of hydrogen-bond donors (Lipinski definition) is 2. The van der Waals surface area contributed by atoms with Crippen molar-refractivity contribution in [3.05, 3.63) is 23.8 Å². The molecule has 1 aliphatic heterocycles. The first-order valence-corrected chi connectivity index (χ1v) is 6.11. The van der Waals surface area contributed by atoms with Gasteiger partial charge in [0.05, 0.1) is 17.0 Å². The maximum atomic E-state index is 13.4. The fourth-order valence-electron chi connectivity index (χ4n) is 2.34. The first-order chi connectivity index (χ1) is 8.39. The number of nitrogen functional groups attached to an aromatic ring is 1. The molecule has 1 atom stereocenters. The molecule has 3 N–H and O–H groups in total. The molecule has 1 fully saturated rings. The maximum absolute atomic E-state index is 13.4. The monoisotopic (exact) mass is 256 g/mol. The third kappa shape index (κ3) is 2.72. The van der Waals surface area contributed by atoms with Crippen molar-refractivity contribution in [3.8, 4) is 0 Å². The molecule has 0 spiro atoms. The van der Waals surface area contributed by atoms with Gasteiger partial charge in [-0.2, -0.15) is 0 Å². The summed E-state index contributed by atoms with van der Waals surface area (Å²) >= 11 is 0. The van der Waals surface area contributed by atoms with Crippen molar-refractivity contribution in [2.45, 2.75) is 31.8 Å². The lowest BCUT2D eigenvalue weighted by Gasteiger charge is -2.25. The highest BCUT2D eigenvalue weighted by Gasteiger charge is 2.26. The Morgan fingerprint density at radius 3 is 2.72 bits per heavy atom. The van der Waals surface area contributed by atoms with E-state index < -0.39 is 17.2 Å². The van der Waals surface area contributed by atoms with Crippen LogP contribution < -0.4 is 10.6 Å². The predicted molar refractivity (Wildman–Crippen MR) is 67.5 cm³/mol. The highest BCUT2D eigenvalue weighted by atomic mass is 19.1. The van der Waals surface area contributed by atoms with Gasteiger partial charge in [0.25, 0.3) is 0 Å². The van der Waals surface area contributed by atoms with Crippen LogP contribution in [0.4, 0.5) is 20.2 Å². The SMILES string of the molecule is CC1(O)CCCN(c2cc(F)cc(F)c2N)CC1. The van der Waals surface area contributed by atoms with Crippen molar-refractivity contribution < 1.29 is 13.9 Å². The molecule has 0 saturated carbocycles. The summed E-state index contributed by atoms with van der Waals surface area (Å²) in [4.78, 5) is 1.84. The Labute approximate surface area is 105 Å². The van der Waals surface area contributed by atoms with Crippen molar-refractivity contribution in [2.75, 3.05) is 23.7 Å². The number of nitrogens with two attached hydrogens (primary N) is 1. The van der Waals surface area contributed by atoms with Crippen molar-refractivity contribution in [1.29, 1.82) is 0 Å². The maximum Gasteiger partial charge on any atom is 0.151 e. The number of nitrogens with zero attached hydrogens (tertiary/aromatic N) is 1. The summed E-state index contributed by atoms with van der Waals surface area (Å²) in [7, 11) is 0. The molecular formula is C13H18F2N2O. The molecule has 0 aromatic heterocycles. The van der Waals surface area contributed by atoms with Gasteiger partial charge in [0.2, 0.25) is 0 Å². The van der Waals surface area contributed by atoms with Crippen molar-refractivity contribution in [1.82, 2.24) is 0 Å². The molecule has 1 aliphatic rings. The van der Waals surface area contributed by atoms with Crippen LogP contribution in [-0.2, 0) is 0 Å². The summed E-state index contributed by atoms with van der Waals surface area (Å²) in [6.45, 7) is 2.97. The Morgan fingerprint density at radius 2 is 2.00 bits per heavy atom. The fraction of sp³-hybridized carbons (Fsp3) is 0.538. The molecule has 0 amide bonds. The lowest BCUT2D eigenvalue weighted by Crippen LogP contribution is -2.29. The second-order valence-corrected chi connectivity index (χ2v) is 5.16. The highest BCUT2D eigenvalue weighted by Crippen LogP contribution is 2.31.